The smallest absolute Gasteiger partial charge is 0.219 e. The molecule has 102 valence electrons. The highest BCUT2D eigenvalue weighted by Gasteiger charge is 2.18. The van der Waals surface area contributed by atoms with E-state index in [-0.39, 0.29) is 34.0 Å². The summed E-state index contributed by atoms with van der Waals surface area (Å²) in [5.41, 5.74) is 1.15. The Morgan fingerprint density at radius 2 is 2.11 bits per heavy atom. The quantitative estimate of drug-likeness (QED) is 0.827. The topological polar surface area (TPSA) is 46.2 Å². The van der Waals surface area contributed by atoms with Crippen molar-refractivity contribution >= 4 is 39.8 Å². The van der Waals surface area contributed by atoms with Crippen LogP contribution in [-0.4, -0.2) is 24.2 Å². The molecule has 0 bridgehead atoms. The first-order valence-corrected chi connectivity index (χ1v) is 6.02. The number of anilines is 1. The van der Waals surface area contributed by atoms with Gasteiger partial charge in [-0.3, -0.25) is 0 Å². The van der Waals surface area contributed by atoms with Crippen molar-refractivity contribution in [1.82, 2.24) is 10.3 Å². The van der Waals surface area contributed by atoms with Gasteiger partial charge >= 0.3 is 0 Å². The van der Waals surface area contributed by atoms with Gasteiger partial charge in [0.05, 0.1) is 0 Å². The third kappa shape index (κ3) is 3.59. The van der Waals surface area contributed by atoms with Gasteiger partial charge in [0.2, 0.25) is 5.88 Å². The molecule has 1 saturated carbocycles. The maximum atomic E-state index is 5.61. The van der Waals surface area contributed by atoms with E-state index in [0.29, 0.717) is 12.6 Å². The molecule has 0 spiro atoms. The van der Waals surface area contributed by atoms with Crippen LogP contribution in [0.5, 0.6) is 5.88 Å². The Morgan fingerprint density at radius 3 is 2.83 bits per heavy atom. The molecule has 3 rings (SSSR count). The predicted octanol–water partition coefficient (Wildman–Crippen LogP) is 2.68. The molecule has 1 aromatic rings. The van der Waals surface area contributed by atoms with E-state index < -0.39 is 0 Å². The first kappa shape index (κ1) is 15.7. The predicted molar refractivity (Wildman–Crippen MR) is 83.3 cm³/mol. The molecule has 0 aromatic carbocycles. The van der Waals surface area contributed by atoms with Crippen LogP contribution < -0.4 is 15.4 Å². The van der Waals surface area contributed by atoms with E-state index in [4.69, 9.17) is 4.74 Å². The minimum atomic E-state index is 0. The fourth-order valence-corrected chi connectivity index (χ4v) is 2.01. The molecule has 4 nitrogen and oxygen atoms in total. The Bertz CT molecular complexity index is 386. The summed E-state index contributed by atoms with van der Waals surface area (Å²) in [6.07, 6.45) is 3.87. The number of fused-ring (bicyclic) bond motifs is 1. The SMILES string of the molecule is Br.Br.c1cc2c(nc1NC1CCC1)OCCNC2. The average molecular weight is 381 g/mol. The zero-order valence-electron chi connectivity index (χ0n) is 10.1. The van der Waals surface area contributed by atoms with Crippen LogP contribution in [0, 0.1) is 0 Å². The maximum absolute atomic E-state index is 5.61. The Labute approximate surface area is 128 Å². The zero-order valence-corrected chi connectivity index (χ0v) is 13.6. The van der Waals surface area contributed by atoms with Crippen molar-refractivity contribution in [1.29, 1.82) is 0 Å². The standard InChI is InChI=1S/C12H17N3O.2BrH/c1-2-10(3-1)14-11-5-4-9-8-13-6-7-16-12(9)15-11;;/h4-5,10,13H,1-3,6-8H2,(H,14,15);2*1H. The lowest BCUT2D eigenvalue weighted by Crippen LogP contribution is -2.27. The molecule has 1 aromatic heterocycles. The highest BCUT2D eigenvalue weighted by molar-refractivity contribution is 8.93. The van der Waals surface area contributed by atoms with Gasteiger partial charge in [0.1, 0.15) is 12.4 Å². The van der Waals surface area contributed by atoms with Crippen molar-refractivity contribution in [3.8, 4) is 5.88 Å². The number of nitrogens with zero attached hydrogens (tertiary/aromatic N) is 1. The second-order valence-corrected chi connectivity index (χ2v) is 4.46. The van der Waals surface area contributed by atoms with Gasteiger partial charge in [-0.15, -0.1) is 34.0 Å². The zero-order chi connectivity index (χ0) is 10.8. The van der Waals surface area contributed by atoms with E-state index in [1.807, 2.05) is 6.07 Å². The van der Waals surface area contributed by atoms with Crippen LogP contribution in [0.15, 0.2) is 12.1 Å². The number of hydrogen-bond donors (Lipinski definition) is 2. The molecule has 2 heterocycles. The lowest BCUT2D eigenvalue weighted by molar-refractivity contribution is 0.314. The summed E-state index contributed by atoms with van der Waals surface area (Å²) in [7, 11) is 0. The van der Waals surface area contributed by atoms with Crippen molar-refractivity contribution in [3.63, 3.8) is 0 Å². The molecule has 0 amide bonds. The van der Waals surface area contributed by atoms with Gasteiger partial charge in [-0.2, -0.15) is 4.98 Å². The van der Waals surface area contributed by atoms with Gasteiger partial charge in [0.15, 0.2) is 0 Å². The van der Waals surface area contributed by atoms with Crippen LogP contribution in [0.25, 0.3) is 0 Å². The monoisotopic (exact) mass is 379 g/mol. The van der Waals surface area contributed by atoms with Crippen LogP contribution in [0.3, 0.4) is 0 Å². The second-order valence-electron chi connectivity index (χ2n) is 4.46. The lowest BCUT2D eigenvalue weighted by atomic mass is 9.93. The van der Waals surface area contributed by atoms with E-state index >= 15 is 0 Å². The normalized spacial score (nSPS) is 18.0. The molecular formula is C12H19Br2N3O. The minimum absolute atomic E-state index is 0. The van der Waals surface area contributed by atoms with Gasteiger partial charge in [0.25, 0.3) is 0 Å². The molecular weight excluding hydrogens is 362 g/mol. The highest BCUT2D eigenvalue weighted by Crippen LogP contribution is 2.25. The Balaban J connectivity index is 0.000000810. The second kappa shape index (κ2) is 7.31. The highest BCUT2D eigenvalue weighted by atomic mass is 79.9. The molecule has 0 atom stereocenters. The van der Waals surface area contributed by atoms with Crippen molar-refractivity contribution < 1.29 is 4.74 Å². The van der Waals surface area contributed by atoms with E-state index in [2.05, 4.69) is 21.7 Å². The average Bonchev–Trinajstić information content (AvgIpc) is 2.48. The summed E-state index contributed by atoms with van der Waals surface area (Å²) in [6.45, 7) is 2.45. The van der Waals surface area contributed by atoms with Crippen LogP contribution in [0.2, 0.25) is 0 Å². The first-order chi connectivity index (χ1) is 7.92. The minimum Gasteiger partial charge on any atom is -0.476 e. The van der Waals surface area contributed by atoms with Gasteiger partial charge in [-0.05, 0) is 31.4 Å². The van der Waals surface area contributed by atoms with Gasteiger partial charge < -0.3 is 15.4 Å². The first-order valence-electron chi connectivity index (χ1n) is 6.02. The summed E-state index contributed by atoms with van der Waals surface area (Å²) in [6, 6.07) is 4.77. The van der Waals surface area contributed by atoms with Gasteiger partial charge in [-0.1, -0.05) is 0 Å². The molecule has 1 aliphatic heterocycles. The molecule has 0 unspecified atom stereocenters. The number of rotatable bonds is 2. The number of pyridine rings is 1. The number of aromatic nitrogens is 1. The lowest BCUT2D eigenvalue weighted by Gasteiger charge is -2.27. The fourth-order valence-electron chi connectivity index (χ4n) is 2.01. The van der Waals surface area contributed by atoms with Crippen molar-refractivity contribution in [2.75, 3.05) is 18.5 Å². The molecule has 1 fully saturated rings. The summed E-state index contributed by atoms with van der Waals surface area (Å²) in [4.78, 5) is 4.52. The molecule has 2 aliphatic rings. The van der Waals surface area contributed by atoms with Gasteiger partial charge in [0, 0.05) is 24.7 Å². The number of hydrogen-bond acceptors (Lipinski definition) is 4. The van der Waals surface area contributed by atoms with E-state index in [1.54, 1.807) is 0 Å². The van der Waals surface area contributed by atoms with Crippen molar-refractivity contribution in [2.24, 2.45) is 0 Å². The molecule has 0 radical (unpaired) electrons. The Hall–Kier alpha value is -0.330. The fraction of sp³-hybridized carbons (Fsp3) is 0.583. The van der Waals surface area contributed by atoms with Crippen LogP contribution >= 0.6 is 34.0 Å². The third-order valence-corrected chi connectivity index (χ3v) is 3.23. The van der Waals surface area contributed by atoms with E-state index in [1.165, 1.54) is 19.3 Å². The van der Waals surface area contributed by atoms with Crippen LogP contribution in [0.4, 0.5) is 5.82 Å². The summed E-state index contributed by atoms with van der Waals surface area (Å²) in [5.74, 6) is 1.74. The van der Waals surface area contributed by atoms with Crippen LogP contribution in [0.1, 0.15) is 24.8 Å². The molecule has 6 heteroatoms. The third-order valence-electron chi connectivity index (χ3n) is 3.23. The van der Waals surface area contributed by atoms with Gasteiger partial charge in [-0.25, -0.2) is 0 Å². The summed E-state index contributed by atoms with van der Waals surface area (Å²) >= 11 is 0. The van der Waals surface area contributed by atoms with E-state index in [9.17, 15) is 0 Å². The largest absolute Gasteiger partial charge is 0.476 e. The molecule has 0 saturated heterocycles. The Kier molecular flexibility index (Phi) is 6.38. The summed E-state index contributed by atoms with van der Waals surface area (Å²) < 4.78 is 5.61. The number of ether oxygens (including phenoxy) is 1. The number of nitrogens with one attached hydrogen (secondary N) is 2. The Morgan fingerprint density at radius 1 is 1.28 bits per heavy atom. The van der Waals surface area contributed by atoms with Crippen molar-refractivity contribution in [3.05, 3.63) is 17.7 Å². The summed E-state index contributed by atoms with van der Waals surface area (Å²) in [5, 5.41) is 6.74. The number of halogens is 2. The molecule has 2 N–H and O–H groups in total. The molecule has 1 aliphatic carbocycles. The van der Waals surface area contributed by atoms with Crippen LogP contribution in [-0.2, 0) is 6.54 Å². The maximum Gasteiger partial charge on any atom is 0.219 e. The van der Waals surface area contributed by atoms with Crippen molar-refractivity contribution in [2.45, 2.75) is 31.8 Å². The van der Waals surface area contributed by atoms with E-state index in [0.717, 1.165) is 30.4 Å². The molecule has 18 heavy (non-hydrogen) atoms.